The third kappa shape index (κ3) is 3.15. The number of nitrogens with one attached hydrogen (secondary N) is 1. The van der Waals surface area contributed by atoms with Crippen LogP contribution in [0.3, 0.4) is 0 Å². The summed E-state index contributed by atoms with van der Waals surface area (Å²) in [4.78, 5) is 12.0. The van der Waals surface area contributed by atoms with Gasteiger partial charge in [-0.05, 0) is 24.3 Å². The number of hydrogen-bond acceptors (Lipinski definition) is 3. The molecule has 0 unspecified atom stereocenters. The molecule has 6 heteroatoms. The van der Waals surface area contributed by atoms with Crippen LogP contribution in [0.1, 0.15) is 5.56 Å². The first-order chi connectivity index (χ1) is 11.1. The van der Waals surface area contributed by atoms with Gasteiger partial charge in [-0.1, -0.05) is 0 Å². The third-order valence-corrected chi connectivity index (χ3v) is 3.42. The van der Waals surface area contributed by atoms with E-state index in [1.54, 1.807) is 25.3 Å². The number of amides is 1. The number of methoxy groups -OCH3 is 1. The van der Waals surface area contributed by atoms with Gasteiger partial charge in [0.2, 0.25) is 5.91 Å². The van der Waals surface area contributed by atoms with Crippen LogP contribution in [-0.4, -0.2) is 13.0 Å². The van der Waals surface area contributed by atoms with Gasteiger partial charge in [0.1, 0.15) is 11.3 Å². The molecule has 118 valence electrons. The molecule has 0 spiro atoms. The second-order valence-corrected chi connectivity index (χ2v) is 4.98. The lowest BCUT2D eigenvalue weighted by Gasteiger charge is -2.05. The minimum atomic E-state index is -1.01. The Kier molecular flexibility index (Phi) is 3.97. The van der Waals surface area contributed by atoms with E-state index in [1.807, 2.05) is 0 Å². The molecule has 0 aliphatic rings. The topological polar surface area (TPSA) is 51.5 Å². The Bertz CT molecular complexity index is 873. The van der Waals surface area contributed by atoms with Gasteiger partial charge in [-0.15, -0.1) is 0 Å². The van der Waals surface area contributed by atoms with Gasteiger partial charge >= 0.3 is 0 Å². The lowest BCUT2D eigenvalue weighted by atomic mass is 10.1. The Hall–Kier alpha value is -2.89. The van der Waals surface area contributed by atoms with Crippen molar-refractivity contribution in [1.29, 1.82) is 0 Å². The number of anilines is 1. The average Bonchev–Trinajstić information content (AvgIpc) is 2.93. The van der Waals surface area contributed by atoms with Crippen LogP contribution in [0, 0.1) is 11.6 Å². The van der Waals surface area contributed by atoms with Crippen molar-refractivity contribution in [2.45, 2.75) is 6.42 Å². The summed E-state index contributed by atoms with van der Waals surface area (Å²) in [6.45, 7) is 0. The van der Waals surface area contributed by atoms with Crippen LogP contribution in [0.15, 0.2) is 47.1 Å². The maximum absolute atomic E-state index is 13.1. The number of carbonyl (C=O) groups is 1. The lowest BCUT2D eigenvalue weighted by molar-refractivity contribution is -0.115. The number of hydrogen-bond donors (Lipinski definition) is 1. The van der Waals surface area contributed by atoms with E-state index in [2.05, 4.69) is 5.32 Å². The summed E-state index contributed by atoms with van der Waals surface area (Å²) in [7, 11) is 1.56. The van der Waals surface area contributed by atoms with Crippen LogP contribution < -0.4 is 10.1 Å². The standard InChI is InChI=1S/C17H13F2NO3/c1-22-12-3-4-13-10(9-23-16(13)8-12)6-17(21)20-11-2-5-14(18)15(19)7-11/h2-5,7-9H,6H2,1H3,(H,20,21). The van der Waals surface area contributed by atoms with E-state index in [0.717, 1.165) is 17.5 Å². The van der Waals surface area contributed by atoms with Crippen molar-refractivity contribution in [3.63, 3.8) is 0 Å². The highest BCUT2D eigenvalue weighted by atomic mass is 19.2. The molecule has 1 aromatic heterocycles. The van der Waals surface area contributed by atoms with E-state index >= 15 is 0 Å². The highest BCUT2D eigenvalue weighted by molar-refractivity contribution is 5.95. The molecule has 0 bridgehead atoms. The van der Waals surface area contributed by atoms with Gasteiger partial charge in [0.25, 0.3) is 0 Å². The van der Waals surface area contributed by atoms with Gasteiger partial charge in [-0.2, -0.15) is 0 Å². The maximum Gasteiger partial charge on any atom is 0.228 e. The Morgan fingerprint density at radius 2 is 2.00 bits per heavy atom. The minimum absolute atomic E-state index is 0.0539. The zero-order valence-electron chi connectivity index (χ0n) is 12.2. The van der Waals surface area contributed by atoms with Crippen molar-refractivity contribution >= 4 is 22.6 Å². The fraction of sp³-hybridized carbons (Fsp3) is 0.118. The molecule has 0 aliphatic carbocycles. The van der Waals surface area contributed by atoms with Crippen molar-refractivity contribution in [2.24, 2.45) is 0 Å². The Balaban J connectivity index is 1.76. The van der Waals surface area contributed by atoms with E-state index in [1.165, 1.54) is 12.3 Å². The number of fused-ring (bicyclic) bond motifs is 1. The van der Waals surface area contributed by atoms with Crippen molar-refractivity contribution in [3.05, 3.63) is 59.9 Å². The molecule has 0 saturated carbocycles. The Labute approximate surface area is 130 Å². The quantitative estimate of drug-likeness (QED) is 0.794. The smallest absolute Gasteiger partial charge is 0.228 e. The summed E-state index contributed by atoms with van der Waals surface area (Å²) in [5.41, 5.74) is 1.51. The monoisotopic (exact) mass is 317 g/mol. The number of ether oxygens (including phenoxy) is 1. The molecule has 1 heterocycles. The molecule has 0 radical (unpaired) electrons. The van der Waals surface area contributed by atoms with Crippen molar-refractivity contribution in [3.8, 4) is 5.75 Å². The summed E-state index contributed by atoms with van der Waals surface area (Å²) >= 11 is 0. The van der Waals surface area contributed by atoms with Crippen LogP contribution in [0.5, 0.6) is 5.75 Å². The van der Waals surface area contributed by atoms with Gasteiger partial charge < -0.3 is 14.5 Å². The minimum Gasteiger partial charge on any atom is -0.497 e. The second-order valence-electron chi connectivity index (χ2n) is 4.98. The molecule has 0 aliphatic heterocycles. The molecular weight excluding hydrogens is 304 g/mol. The van der Waals surface area contributed by atoms with Gasteiger partial charge in [-0.3, -0.25) is 4.79 Å². The summed E-state index contributed by atoms with van der Waals surface area (Å²) in [5.74, 6) is -1.67. The van der Waals surface area contributed by atoms with Crippen LogP contribution in [0.25, 0.3) is 11.0 Å². The van der Waals surface area contributed by atoms with Crippen LogP contribution >= 0.6 is 0 Å². The number of benzene rings is 2. The fourth-order valence-electron chi connectivity index (χ4n) is 2.28. The van der Waals surface area contributed by atoms with Crippen LogP contribution in [0.2, 0.25) is 0 Å². The molecule has 0 fully saturated rings. The SMILES string of the molecule is COc1ccc2c(CC(=O)Nc3ccc(F)c(F)c3)coc2c1. The first-order valence-electron chi connectivity index (χ1n) is 6.86. The number of halogens is 2. The predicted octanol–water partition coefficient (Wildman–Crippen LogP) is 3.90. The molecule has 4 nitrogen and oxygen atoms in total. The second kappa shape index (κ2) is 6.08. The van der Waals surface area contributed by atoms with Gasteiger partial charge in [0, 0.05) is 28.8 Å². The van der Waals surface area contributed by atoms with Crippen LogP contribution in [0.4, 0.5) is 14.5 Å². The number of carbonyl (C=O) groups excluding carboxylic acids is 1. The first-order valence-corrected chi connectivity index (χ1v) is 6.86. The van der Waals surface area contributed by atoms with Crippen molar-refractivity contribution < 1.29 is 22.7 Å². The molecule has 3 aromatic rings. The van der Waals surface area contributed by atoms with E-state index in [-0.39, 0.29) is 18.0 Å². The van der Waals surface area contributed by atoms with E-state index < -0.39 is 11.6 Å². The molecular formula is C17H13F2NO3. The van der Waals surface area contributed by atoms with Crippen LogP contribution in [-0.2, 0) is 11.2 Å². The highest BCUT2D eigenvalue weighted by Gasteiger charge is 2.12. The van der Waals surface area contributed by atoms with E-state index in [4.69, 9.17) is 9.15 Å². The average molecular weight is 317 g/mol. The maximum atomic E-state index is 13.1. The lowest BCUT2D eigenvalue weighted by Crippen LogP contribution is -2.14. The van der Waals surface area contributed by atoms with Gasteiger partial charge in [0.05, 0.1) is 19.8 Å². The fourth-order valence-corrected chi connectivity index (χ4v) is 2.28. The van der Waals surface area contributed by atoms with Gasteiger partial charge in [0.15, 0.2) is 11.6 Å². The molecule has 3 rings (SSSR count). The molecule has 1 amide bonds. The first kappa shape index (κ1) is 15.0. The zero-order chi connectivity index (χ0) is 16.4. The normalized spacial score (nSPS) is 10.7. The summed E-state index contributed by atoms with van der Waals surface area (Å²) in [5, 5.41) is 3.32. The molecule has 0 saturated heterocycles. The van der Waals surface area contributed by atoms with Crippen molar-refractivity contribution in [1.82, 2.24) is 0 Å². The summed E-state index contributed by atoms with van der Waals surface area (Å²) in [6, 6.07) is 8.50. The Morgan fingerprint density at radius 3 is 2.74 bits per heavy atom. The zero-order valence-corrected chi connectivity index (χ0v) is 12.2. The highest BCUT2D eigenvalue weighted by Crippen LogP contribution is 2.26. The molecule has 1 N–H and O–H groups in total. The summed E-state index contributed by atoms with van der Waals surface area (Å²) < 4.78 is 36.5. The third-order valence-electron chi connectivity index (χ3n) is 3.42. The molecule has 2 aromatic carbocycles. The van der Waals surface area contributed by atoms with E-state index in [0.29, 0.717) is 16.9 Å². The van der Waals surface area contributed by atoms with Gasteiger partial charge in [-0.25, -0.2) is 8.78 Å². The molecule has 23 heavy (non-hydrogen) atoms. The number of furan rings is 1. The predicted molar refractivity (Wildman–Crippen MR) is 81.5 cm³/mol. The van der Waals surface area contributed by atoms with E-state index in [9.17, 15) is 13.6 Å². The molecule has 0 atom stereocenters. The van der Waals surface area contributed by atoms with Crippen molar-refractivity contribution in [2.75, 3.05) is 12.4 Å². The summed E-state index contributed by atoms with van der Waals surface area (Å²) in [6.07, 6.45) is 1.55. The Morgan fingerprint density at radius 1 is 1.17 bits per heavy atom. The number of rotatable bonds is 4. The largest absolute Gasteiger partial charge is 0.497 e.